The number of nitrogens with two attached hydrogens (primary N) is 1. The van der Waals surface area contributed by atoms with Crippen LogP contribution in [0.2, 0.25) is 0 Å². The van der Waals surface area contributed by atoms with Gasteiger partial charge in [-0.25, -0.2) is 10.9 Å². The van der Waals surface area contributed by atoms with Gasteiger partial charge in [0.2, 0.25) is 0 Å². The molecule has 0 saturated heterocycles. The molecule has 0 aliphatic carbocycles. The monoisotopic (exact) mass is 165 g/mol. The van der Waals surface area contributed by atoms with Gasteiger partial charge in [0.15, 0.2) is 0 Å². The van der Waals surface area contributed by atoms with Crippen LogP contribution in [0, 0.1) is 0 Å². The van der Waals surface area contributed by atoms with Crippen molar-refractivity contribution in [2.45, 2.75) is 6.61 Å². The molecule has 0 aromatic heterocycles. The SMILES string of the molecule is NNC(=O)c1ccc(C[O])cc1. The van der Waals surface area contributed by atoms with Gasteiger partial charge in [-0.3, -0.25) is 10.2 Å². The van der Waals surface area contributed by atoms with Crippen LogP contribution >= 0.6 is 0 Å². The van der Waals surface area contributed by atoms with Crippen molar-refractivity contribution in [2.24, 2.45) is 5.84 Å². The summed E-state index contributed by atoms with van der Waals surface area (Å²) in [6.07, 6.45) is 0. The average Bonchev–Trinajstić information content (AvgIpc) is 2.17. The van der Waals surface area contributed by atoms with Gasteiger partial charge in [0, 0.05) is 5.56 Å². The fourth-order valence-corrected chi connectivity index (χ4v) is 0.836. The molecule has 1 aromatic carbocycles. The lowest BCUT2D eigenvalue weighted by molar-refractivity contribution is 0.0953. The first-order chi connectivity index (χ1) is 5.77. The molecule has 4 nitrogen and oxygen atoms in total. The van der Waals surface area contributed by atoms with Gasteiger partial charge in [-0.15, -0.1) is 0 Å². The average molecular weight is 165 g/mol. The quantitative estimate of drug-likeness (QED) is 0.373. The van der Waals surface area contributed by atoms with E-state index in [1.165, 1.54) is 0 Å². The smallest absolute Gasteiger partial charge is 0.265 e. The number of amides is 1. The van der Waals surface area contributed by atoms with Gasteiger partial charge in [-0.1, -0.05) is 12.1 Å². The van der Waals surface area contributed by atoms with Crippen LogP contribution in [0.25, 0.3) is 0 Å². The minimum absolute atomic E-state index is 0.273. The Morgan fingerprint density at radius 2 is 1.92 bits per heavy atom. The zero-order chi connectivity index (χ0) is 8.97. The minimum Gasteiger partial charge on any atom is -0.290 e. The second-order valence-electron chi connectivity index (χ2n) is 2.31. The van der Waals surface area contributed by atoms with Crippen molar-refractivity contribution in [1.29, 1.82) is 0 Å². The van der Waals surface area contributed by atoms with E-state index in [2.05, 4.69) is 0 Å². The van der Waals surface area contributed by atoms with E-state index < -0.39 is 0 Å². The van der Waals surface area contributed by atoms with Gasteiger partial charge >= 0.3 is 0 Å². The van der Waals surface area contributed by atoms with Gasteiger partial charge in [-0.05, 0) is 17.7 Å². The predicted octanol–water partition coefficient (Wildman–Crippen LogP) is 0.221. The fraction of sp³-hybridized carbons (Fsp3) is 0.125. The molecule has 0 unspecified atom stereocenters. The van der Waals surface area contributed by atoms with Crippen LogP contribution in [0.15, 0.2) is 24.3 Å². The molecule has 1 rings (SSSR count). The topological polar surface area (TPSA) is 75.0 Å². The number of carbonyl (C=O) groups is 1. The zero-order valence-corrected chi connectivity index (χ0v) is 6.41. The lowest BCUT2D eigenvalue weighted by Gasteiger charge is -1.99. The first kappa shape index (κ1) is 8.70. The summed E-state index contributed by atoms with van der Waals surface area (Å²) >= 11 is 0. The van der Waals surface area contributed by atoms with E-state index in [4.69, 9.17) is 5.84 Å². The maximum Gasteiger partial charge on any atom is 0.265 e. The standard InChI is InChI=1S/C8H9N2O2/c9-10-8(12)7-3-1-6(5-11)2-4-7/h1-4H,5,9H2,(H,10,12). The van der Waals surface area contributed by atoms with Crippen LogP contribution < -0.4 is 11.3 Å². The Hall–Kier alpha value is -1.39. The summed E-state index contributed by atoms with van der Waals surface area (Å²) in [5.41, 5.74) is 3.11. The van der Waals surface area contributed by atoms with Crippen molar-refractivity contribution in [3.8, 4) is 0 Å². The first-order valence-electron chi connectivity index (χ1n) is 3.46. The maximum absolute atomic E-state index is 10.9. The van der Waals surface area contributed by atoms with Crippen LogP contribution in [0.4, 0.5) is 0 Å². The highest BCUT2D eigenvalue weighted by Crippen LogP contribution is 2.03. The van der Waals surface area contributed by atoms with E-state index in [-0.39, 0.29) is 12.5 Å². The van der Waals surface area contributed by atoms with Crippen molar-refractivity contribution >= 4 is 5.91 Å². The Bertz CT molecular complexity index is 269. The summed E-state index contributed by atoms with van der Waals surface area (Å²) in [5.74, 6) is 4.56. The summed E-state index contributed by atoms with van der Waals surface area (Å²) in [7, 11) is 0. The summed E-state index contributed by atoms with van der Waals surface area (Å²) in [5, 5.41) is 10.4. The lowest BCUT2D eigenvalue weighted by Crippen LogP contribution is -2.29. The molecule has 0 saturated carbocycles. The van der Waals surface area contributed by atoms with Crippen molar-refractivity contribution in [3.63, 3.8) is 0 Å². The Balaban J connectivity index is 2.84. The Kier molecular flexibility index (Phi) is 2.79. The van der Waals surface area contributed by atoms with Crippen LogP contribution in [0.1, 0.15) is 15.9 Å². The molecule has 0 aliphatic heterocycles. The number of carbonyl (C=O) groups excluding carboxylic acids is 1. The molecule has 0 spiro atoms. The minimum atomic E-state index is -0.354. The molecule has 0 fully saturated rings. The van der Waals surface area contributed by atoms with E-state index in [0.717, 1.165) is 0 Å². The molecule has 4 heteroatoms. The third kappa shape index (κ3) is 1.81. The Morgan fingerprint density at radius 1 is 1.33 bits per heavy atom. The molecule has 1 amide bonds. The summed E-state index contributed by atoms with van der Waals surface area (Å²) in [6, 6.07) is 6.35. The number of benzene rings is 1. The second kappa shape index (κ2) is 3.85. The molecule has 1 radical (unpaired) electrons. The van der Waals surface area contributed by atoms with Crippen molar-refractivity contribution < 1.29 is 9.90 Å². The number of nitrogens with one attached hydrogen (secondary N) is 1. The third-order valence-corrected chi connectivity index (χ3v) is 1.51. The highest BCUT2D eigenvalue weighted by Gasteiger charge is 2.01. The molecule has 3 N–H and O–H groups in total. The van der Waals surface area contributed by atoms with E-state index in [0.29, 0.717) is 11.1 Å². The van der Waals surface area contributed by atoms with Gasteiger partial charge < -0.3 is 0 Å². The summed E-state index contributed by atoms with van der Waals surface area (Å²) < 4.78 is 0. The van der Waals surface area contributed by atoms with Crippen molar-refractivity contribution in [3.05, 3.63) is 35.4 Å². The van der Waals surface area contributed by atoms with E-state index in [9.17, 15) is 9.90 Å². The number of nitrogen functional groups attached to an aromatic ring is 1. The molecule has 0 aliphatic rings. The highest BCUT2D eigenvalue weighted by molar-refractivity contribution is 5.93. The van der Waals surface area contributed by atoms with Gasteiger partial charge in [0.1, 0.15) is 6.61 Å². The molecular formula is C8H9N2O2. The lowest BCUT2D eigenvalue weighted by atomic mass is 10.1. The molecule has 12 heavy (non-hydrogen) atoms. The Labute approximate surface area is 70.0 Å². The van der Waals surface area contributed by atoms with E-state index in [1.807, 2.05) is 5.43 Å². The third-order valence-electron chi connectivity index (χ3n) is 1.51. The van der Waals surface area contributed by atoms with Gasteiger partial charge in [-0.2, -0.15) is 0 Å². The normalized spacial score (nSPS) is 9.50. The van der Waals surface area contributed by atoms with E-state index >= 15 is 0 Å². The number of hydrazine groups is 1. The summed E-state index contributed by atoms with van der Waals surface area (Å²) in [4.78, 5) is 10.9. The molecular weight excluding hydrogens is 156 g/mol. The molecule has 0 atom stereocenters. The Morgan fingerprint density at radius 3 is 2.33 bits per heavy atom. The van der Waals surface area contributed by atoms with Gasteiger partial charge in [0.25, 0.3) is 5.91 Å². The predicted molar refractivity (Wildman–Crippen MR) is 42.5 cm³/mol. The molecule has 0 heterocycles. The molecule has 63 valence electrons. The molecule has 0 bridgehead atoms. The highest BCUT2D eigenvalue weighted by atomic mass is 16.3. The maximum atomic E-state index is 10.9. The van der Waals surface area contributed by atoms with Crippen molar-refractivity contribution in [1.82, 2.24) is 5.43 Å². The van der Waals surface area contributed by atoms with Crippen LogP contribution in [0.3, 0.4) is 0 Å². The summed E-state index contributed by atoms with van der Waals surface area (Å²) in [6.45, 7) is -0.273. The number of rotatable bonds is 2. The first-order valence-corrected chi connectivity index (χ1v) is 3.46. The van der Waals surface area contributed by atoms with E-state index in [1.54, 1.807) is 24.3 Å². The second-order valence-corrected chi connectivity index (χ2v) is 2.31. The van der Waals surface area contributed by atoms with Gasteiger partial charge in [0.05, 0.1) is 0 Å². The van der Waals surface area contributed by atoms with Crippen LogP contribution in [-0.2, 0) is 11.7 Å². The van der Waals surface area contributed by atoms with Crippen LogP contribution in [-0.4, -0.2) is 5.91 Å². The van der Waals surface area contributed by atoms with Crippen LogP contribution in [0.5, 0.6) is 0 Å². The molecule has 1 aromatic rings. The largest absolute Gasteiger partial charge is 0.290 e. The number of hydrogen-bond acceptors (Lipinski definition) is 2. The van der Waals surface area contributed by atoms with Crippen molar-refractivity contribution in [2.75, 3.05) is 0 Å². The number of hydrogen-bond donors (Lipinski definition) is 2. The zero-order valence-electron chi connectivity index (χ0n) is 6.41. The fourth-order valence-electron chi connectivity index (χ4n) is 0.836.